The van der Waals surface area contributed by atoms with Crippen LogP contribution in [0.3, 0.4) is 0 Å². The number of ether oxygens (including phenoxy) is 2. The number of nitrogens with one attached hydrogen (secondary N) is 2. The van der Waals surface area contributed by atoms with Crippen molar-refractivity contribution in [2.45, 2.75) is 51.2 Å². The maximum atomic E-state index is 12.4. The lowest BCUT2D eigenvalue weighted by molar-refractivity contribution is -0.120. The number of thiocarbonyl (C=S) groups is 1. The topological polar surface area (TPSA) is 62.8 Å². The fourth-order valence-electron chi connectivity index (χ4n) is 3.90. The molecule has 1 aliphatic carbocycles. The Morgan fingerprint density at radius 3 is 2.77 bits per heavy atom. The van der Waals surface area contributed by atoms with E-state index < -0.39 is 0 Å². The van der Waals surface area contributed by atoms with Crippen molar-refractivity contribution in [1.82, 2.24) is 15.5 Å². The Bertz CT molecular complexity index is 867. The van der Waals surface area contributed by atoms with Gasteiger partial charge in [-0.05, 0) is 54.2 Å². The second-order valence-corrected chi connectivity index (χ2v) is 9.04. The smallest absolute Gasteiger partial charge is 0.239 e. The lowest BCUT2D eigenvalue weighted by atomic mass is 9.94. The Kier molecular flexibility index (Phi) is 7.07. The van der Waals surface area contributed by atoms with E-state index in [1.165, 1.54) is 24.1 Å². The van der Waals surface area contributed by atoms with E-state index in [1.807, 2.05) is 18.2 Å². The maximum absolute atomic E-state index is 12.4. The van der Waals surface area contributed by atoms with Gasteiger partial charge in [-0.25, -0.2) is 0 Å². The number of thiophene rings is 1. The summed E-state index contributed by atoms with van der Waals surface area (Å²) in [6, 6.07) is 10.3. The second-order valence-electron chi connectivity index (χ2n) is 7.62. The van der Waals surface area contributed by atoms with Crippen molar-refractivity contribution in [2.24, 2.45) is 0 Å². The highest BCUT2D eigenvalue weighted by atomic mass is 32.1. The number of rotatable bonds is 7. The van der Waals surface area contributed by atoms with Crippen LogP contribution in [0.25, 0.3) is 0 Å². The molecule has 4 rings (SSSR count). The van der Waals surface area contributed by atoms with E-state index in [-0.39, 0.29) is 19.2 Å². The molecular weight excluding hydrogens is 418 g/mol. The average Bonchev–Trinajstić information content (AvgIpc) is 3.46. The quantitative estimate of drug-likeness (QED) is 0.632. The van der Waals surface area contributed by atoms with Crippen molar-refractivity contribution in [3.8, 4) is 11.5 Å². The SMILES string of the molecule is O=C(CNC(=S)N(Cc1cccs1)C1CCCCC1)NCc1ccc2c(c1)OCO2. The van der Waals surface area contributed by atoms with E-state index in [0.29, 0.717) is 17.7 Å². The standard InChI is InChI=1S/C22H27N3O3S2/c26-21(23-12-16-8-9-19-20(11-16)28-15-27-19)13-24-22(29)25(14-18-7-4-10-30-18)17-5-2-1-3-6-17/h4,7-11,17H,1-3,5-6,12-15H2,(H,23,26)(H,24,29). The van der Waals surface area contributed by atoms with E-state index >= 15 is 0 Å². The van der Waals surface area contributed by atoms with Crippen molar-refractivity contribution in [2.75, 3.05) is 13.3 Å². The molecule has 1 aromatic carbocycles. The molecule has 160 valence electrons. The number of hydrogen-bond donors (Lipinski definition) is 2. The molecule has 0 radical (unpaired) electrons. The molecule has 0 saturated heterocycles. The zero-order valence-corrected chi connectivity index (χ0v) is 18.5. The molecular formula is C22H27N3O3S2. The highest BCUT2D eigenvalue weighted by Crippen LogP contribution is 2.32. The van der Waals surface area contributed by atoms with E-state index in [9.17, 15) is 4.79 Å². The van der Waals surface area contributed by atoms with E-state index in [4.69, 9.17) is 21.7 Å². The number of hydrogen-bond acceptors (Lipinski definition) is 5. The Labute approximate surface area is 186 Å². The number of fused-ring (bicyclic) bond motifs is 1. The average molecular weight is 446 g/mol. The Balaban J connectivity index is 1.28. The van der Waals surface area contributed by atoms with Gasteiger partial charge in [0.2, 0.25) is 12.7 Å². The van der Waals surface area contributed by atoms with Crippen LogP contribution in [0.5, 0.6) is 11.5 Å². The Morgan fingerprint density at radius 1 is 1.13 bits per heavy atom. The van der Waals surface area contributed by atoms with Crippen LogP contribution < -0.4 is 20.1 Å². The van der Waals surface area contributed by atoms with Gasteiger partial charge in [0.15, 0.2) is 16.6 Å². The van der Waals surface area contributed by atoms with Crippen LogP contribution in [0, 0.1) is 0 Å². The molecule has 30 heavy (non-hydrogen) atoms. The molecule has 0 atom stereocenters. The first-order valence-corrected chi connectivity index (χ1v) is 11.7. The molecule has 1 amide bonds. The molecule has 6 nitrogen and oxygen atoms in total. The predicted octanol–water partition coefficient (Wildman–Crippen LogP) is 3.80. The number of nitrogens with zero attached hydrogens (tertiary/aromatic N) is 1. The summed E-state index contributed by atoms with van der Waals surface area (Å²) in [6.07, 6.45) is 6.09. The van der Waals surface area contributed by atoms with Gasteiger partial charge in [-0.3, -0.25) is 4.79 Å². The molecule has 2 aliphatic rings. The van der Waals surface area contributed by atoms with Crippen molar-refractivity contribution < 1.29 is 14.3 Å². The predicted molar refractivity (Wildman–Crippen MR) is 122 cm³/mol. The minimum atomic E-state index is -0.0882. The molecule has 2 aromatic rings. The zero-order chi connectivity index (χ0) is 20.8. The van der Waals surface area contributed by atoms with Gasteiger partial charge >= 0.3 is 0 Å². The zero-order valence-electron chi connectivity index (χ0n) is 16.9. The number of carbonyl (C=O) groups excluding carboxylic acids is 1. The molecule has 1 fully saturated rings. The molecule has 2 N–H and O–H groups in total. The van der Waals surface area contributed by atoms with Gasteiger partial charge < -0.3 is 25.0 Å². The van der Waals surface area contributed by atoms with Crippen molar-refractivity contribution in [3.05, 3.63) is 46.2 Å². The summed E-state index contributed by atoms with van der Waals surface area (Å²) in [5.74, 6) is 1.37. The maximum Gasteiger partial charge on any atom is 0.239 e. The van der Waals surface area contributed by atoms with Crippen LogP contribution in [-0.2, 0) is 17.9 Å². The highest BCUT2D eigenvalue weighted by molar-refractivity contribution is 7.80. The fraction of sp³-hybridized carbons (Fsp3) is 0.455. The second kappa shape index (κ2) is 10.1. The molecule has 1 aliphatic heterocycles. The first-order valence-electron chi connectivity index (χ1n) is 10.4. The minimum Gasteiger partial charge on any atom is -0.454 e. The van der Waals surface area contributed by atoms with Crippen LogP contribution in [-0.4, -0.2) is 35.3 Å². The molecule has 0 unspecified atom stereocenters. The third kappa shape index (κ3) is 5.43. The number of amides is 1. The summed E-state index contributed by atoms with van der Waals surface area (Å²) in [4.78, 5) is 15.9. The van der Waals surface area contributed by atoms with E-state index in [1.54, 1.807) is 11.3 Å². The van der Waals surface area contributed by atoms with Crippen LogP contribution >= 0.6 is 23.6 Å². The molecule has 0 spiro atoms. The summed E-state index contributed by atoms with van der Waals surface area (Å²) in [5, 5.41) is 8.86. The van der Waals surface area contributed by atoms with Crippen molar-refractivity contribution >= 4 is 34.6 Å². The first-order chi connectivity index (χ1) is 14.7. The highest BCUT2D eigenvalue weighted by Gasteiger charge is 2.24. The molecule has 1 saturated carbocycles. The fourth-order valence-corrected chi connectivity index (χ4v) is 4.89. The van der Waals surface area contributed by atoms with Crippen LogP contribution in [0.2, 0.25) is 0 Å². The third-order valence-electron chi connectivity index (χ3n) is 5.51. The number of benzene rings is 1. The van der Waals surface area contributed by atoms with Gasteiger partial charge in [-0.15, -0.1) is 11.3 Å². The van der Waals surface area contributed by atoms with Gasteiger partial charge in [-0.1, -0.05) is 31.4 Å². The molecule has 8 heteroatoms. The van der Waals surface area contributed by atoms with Crippen LogP contribution in [0.1, 0.15) is 42.5 Å². The lowest BCUT2D eigenvalue weighted by Crippen LogP contribution is -2.48. The lowest BCUT2D eigenvalue weighted by Gasteiger charge is -2.36. The summed E-state index contributed by atoms with van der Waals surface area (Å²) < 4.78 is 10.7. The summed E-state index contributed by atoms with van der Waals surface area (Å²) in [5.41, 5.74) is 0.969. The van der Waals surface area contributed by atoms with Crippen LogP contribution in [0.4, 0.5) is 0 Å². The number of carbonyl (C=O) groups is 1. The van der Waals surface area contributed by atoms with Crippen LogP contribution in [0.15, 0.2) is 35.7 Å². The molecule has 0 bridgehead atoms. The summed E-state index contributed by atoms with van der Waals surface area (Å²) >= 11 is 7.43. The molecule has 1 aromatic heterocycles. The van der Waals surface area contributed by atoms with Gasteiger partial charge in [0.1, 0.15) is 0 Å². The Hall–Kier alpha value is -2.32. The van der Waals surface area contributed by atoms with Gasteiger partial charge in [0.25, 0.3) is 0 Å². The Morgan fingerprint density at radius 2 is 1.97 bits per heavy atom. The first kappa shape index (κ1) is 20.9. The minimum absolute atomic E-state index is 0.0882. The normalized spacial score (nSPS) is 15.6. The molecule has 2 heterocycles. The van der Waals surface area contributed by atoms with E-state index in [2.05, 4.69) is 33.0 Å². The van der Waals surface area contributed by atoms with Crippen molar-refractivity contribution in [1.29, 1.82) is 0 Å². The summed E-state index contributed by atoms with van der Waals surface area (Å²) in [6.45, 7) is 1.64. The van der Waals surface area contributed by atoms with Crippen molar-refractivity contribution in [3.63, 3.8) is 0 Å². The van der Waals surface area contributed by atoms with Gasteiger partial charge in [0.05, 0.1) is 13.1 Å². The van der Waals surface area contributed by atoms with E-state index in [0.717, 1.165) is 36.4 Å². The monoisotopic (exact) mass is 445 g/mol. The summed E-state index contributed by atoms with van der Waals surface area (Å²) in [7, 11) is 0. The van der Waals surface area contributed by atoms with Gasteiger partial charge in [0, 0.05) is 17.5 Å². The van der Waals surface area contributed by atoms with Gasteiger partial charge in [-0.2, -0.15) is 0 Å². The third-order valence-corrected chi connectivity index (χ3v) is 6.75. The largest absolute Gasteiger partial charge is 0.454 e.